The number of aromatic nitrogens is 1. The lowest BCUT2D eigenvalue weighted by atomic mass is 10.1. The highest BCUT2D eigenvalue weighted by Crippen LogP contribution is 2.26. The Hall–Kier alpha value is -2.63. The van der Waals surface area contributed by atoms with Gasteiger partial charge < -0.3 is 14.4 Å². The highest BCUT2D eigenvalue weighted by atomic mass is 35.5. The molecule has 6 heteroatoms. The Morgan fingerprint density at radius 2 is 1.79 bits per heavy atom. The van der Waals surface area contributed by atoms with Crippen molar-refractivity contribution in [2.75, 3.05) is 20.8 Å². The molecular weight excluding hydrogens is 388 g/mol. The first-order valence-corrected chi connectivity index (χ1v) is 9.75. The van der Waals surface area contributed by atoms with Gasteiger partial charge in [-0.05, 0) is 49.2 Å². The minimum atomic E-state index is -0.111. The molecule has 152 valence electrons. The third-order valence-electron chi connectivity index (χ3n) is 4.79. The van der Waals surface area contributed by atoms with Crippen molar-refractivity contribution in [1.82, 2.24) is 9.88 Å². The maximum Gasteiger partial charge on any atom is 0.249 e. The topological polar surface area (TPSA) is 51.7 Å². The van der Waals surface area contributed by atoms with E-state index in [0.717, 1.165) is 38.9 Å². The van der Waals surface area contributed by atoms with E-state index in [1.807, 2.05) is 37.3 Å². The van der Waals surface area contributed by atoms with E-state index < -0.39 is 0 Å². The molecule has 0 unspecified atom stereocenters. The van der Waals surface area contributed by atoms with E-state index in [4.69, 9.17) is 21.1 Å². The van der Waals surface area contributed by atoms with Crippen LogP contribution in [0.1, 0.15) is 22.3 Å². The number of pyridine rings is 1. The van der Waals surface area contributed by atoms with Crippen LogP contribution in [-0.2, 0) is 22.6 Å². The fourth-order valence-electron chi connectivity index (χ4n) is 3.39. The van der Waals surface area contributed by atoms with Crippen molar-refractivity contribution in [3.05, 3.63) is 69.9 Å². The average Bonchev–Trinajstić information content (AvgIpc) is 2.69. The van der Waals surface area contributed by atoms with Crippen molar-refractivity contribution in [2.45, 2.75) is 26.9 Å². The first-order chi connectivity index (χ1) is 13.9. The van der Waals surface area contributed by atoms with E-state index in [1.165, 1.54) is 7.11 Å². The smallest absolute Gasteiger partial charge is 0.249 e. The van der Waals surface area contributed by atoms with E-state index in [1.54, 1.807) is 12.0 Å². The fourth-order valence-corrected chi connectivity index (χ4v) is 3.59. The van der Waals surface area contributed by atoms with Gasteiger partial charge in [-0.2, -0.15) is 0 Å². The second kappa shape index (κ2) is 9.25. The van der Waals surface area contributed by atoms with Crippen LogP contribution in [0.25, 0.3) is 10.9 Å². The van der Waals surface area contributed by atoms with Crippen LogP contribution in [0.15, 0.2) is 42.5 Å². The van der Waals surface area contributed by atoms with Gasteiger partial charge in [0.15, 0.2) is 0 Å². The third-order valence-corrected chi connectivity index (χ3v) is 5.12. The summed E-state index contributed by atoms with van der Waals surface area (Å²) < 4.78 is 10.3. The van der Waals surface area contributed by atoms with Crippen molar-refractivity contribution >= 4 is 28.4 Å². The van der Waals surface area contributed by atoms with Crippen molar-refractivity contribution in [3.8, 4) is 5.75 Å². The van der Waals surface area contributed by atoms with Gasteiger partial charge >= 0.3 is 0 Å². The van der Waals surface area contributed by atoms with Gasteiger partial charge in [0, 0.05) is 31.1 Å². The standard InChI is InChI=1S/C23H25ClN2O3/c1-15-9-16(2)22-18(10-15)11-19(23(24)25-22)13-26(21(27)14-28-3)12-17-5-7-20(29-4)8-6-17/h5-11H,12-14H2,1-4H3. The van der Waals surface area contributed by atoms with E-state index in [9.17, 15) is 4.79 Å². The number of carbonyl (C=O) groups excluding carboxylic acids is 1. The maximum absolute atomic E-state index is 12.7. The Morgan fingerprint density at radius 3 is 2.45 bits per heavy atom. The number of aryl methyl sites for hydroxylation is 2. The average molecular weight is 413 g/mol. The quantitative estimate of drug-likeness (QED) is 0.528. The summed E-state index contributed by atoms with van der Waals surface area (Å²) in [4.78, 5) is 19.0. The summed E-state index contributed by atoms with van der Waals surface area (Å²) in [5.41, 5.74) is 4.93. The number of hydrogen-bond donors (Lipinski definition) is 0. The molecule has 0 atom stereocenters. The molecule has 0 aliphatic carbocycles. The van der Waals surface area contributed by atoms with Crippen LogP contribution < -0.4 is 4.74 Å². The predicted octanol–water partition coefficient (Wildman–Crippen LogP) is 4.69. The van der Waals surface area contributed by atoms with Gasteiger partial charge in [-0.15, -0.1) is 0 Å². The Bertz CT molecular complexity index is 1020. The molecule has 0 fully saturated rings. The van der Waals surface area contributed by atoms with Gasteiger partial charge in [-0.25, -0.2) is 4.98 Å². The van der Waals surface area contributed by atoms with Crippen LogP contribution in [0, 0.1) is 13.8 Å². The monoisotopic (exact) mass is 412 g/mol. The summed E-state index contributed by atoms with van der Waals surface area (Å²) in [6.07, 6.45) is 0. The molecule has 1 heterocycles. The summed E-state index contributed by atoms with van der Waals surface area (Å²) in [5, 5.41) is 1.43. The van der Waals surface area contributed by atoms with Crippen LogP contribution in [0.2, 0.25) is 5.15 Å². The number of hydrogen-bond acceptors (Lipinski definition) is 4. The maximum atomic E-state index is 12.7. The van der Waals surface area contributed by atoms with Crippen LogP contribution in [0.4, 0.5) is 0 Å². The second-order valence-corrected chi connectivity index (χ2v) is 7.48. The molecule has 1 amide bonds. The molecule has 1 aromatic heterocycles. The first-order valence-electron chi connectivity index (χ1n) is 9.37. The van der Waals surface area contributed by atoms with Crippen LogP contribution in [0.5, 0.6) is 5.75 Å². The molecule has 0 aliphatic rings. The lowest BCUT2D eigenvalue weighted by Gasteiger charge is -2.23. The molecule has 0 spiro atoms. The molecule has 0 saturated heterocycles. The summed E-state index contributed by atoms with van der Waals surface area (Å²) >= 11 is 6.49. The molecule has 0 bridgehead atoms. The third kappa shape index (κ3) is 5.05. The van der Waals surface area contributed by atoms with Gasteiger partial charge in [0.25, 0.3) is 0 Å². The van der Waals surface area contributed by atoms with E-state index in [0.29, 0.717) is 18.2 Å². The normalized spacial score (nSPS) is 10.9. The highest BCUT2D eigenvalue weighted by molar-refractivity contribution is 6.30. The van der Waals surface area contributed by atoms with Crippen molar-refractivity contribution < 1.29 is 14.3 Å². The number of ether oxygens (including phenoxy) is 2. The number of methoxy groups -OCH3 is 2. The largest absolute Gasteiger partial charge is 0.497 e. The summed E-state index contributed by atoms with van der Waals surface area (Å²) in [6, 6.07) is 13.8. The Morgan fingerprint density at radius 1 is 1.07 bits per heavy atom. The Kier molecular flexibility index (Phi) is 6.72. The lowest BCUT2D eigenvalue weighted by Crippen LogP contribution is -2.33. The zero-order chi connectivity index (χ0) is 21.0. The van der Waals surface area contributed by atoms with Gasteiger partial charge in [-0.1, -0.05) is 35.4 Å². The van der Waals surface area contributed by atoms with E-state index >= 15 is 0 Å². The number of fused-ring (bicyclic) bond motifs is 1. The van der Waals surface area contributed by atoms with Crippen LogP contribution in [0.3, 0.4) is 0 Å². The molecule has 3 rings (SSSR count). The van der Waals surface area contributed by atoms with Crippen molar-refractivity contribution in [3.63, 3.8) is 0 Å². The molecule has 0 aliphatic heterocycles. The van der Waals surface area contributed by atoms with E-state index in [-0.39, 0.29) is 12.5 Å². The second-order valence-electron chi connectivity index (χ2n) is 7.12. The predicted molar refractivity (Wildman–Crippen MR) is 115 cm³/mol. The lowest BCUT2D eigenvalue weighted by molar-refractivity contribution is -0.136. The van der Waals surface area contributed by atoms with Crippen LogP contribution in [-0.4, -0.2) is 36.6 Å². The minimum Gasteiger partial charge on any atom is -0.497 e. The van der Waals surface area contributed by atoms with Crippen LogP contribution >= 0.6 is 11.6 Å². The number of rotatable bonds is 7. The molecule has 2 aromatic carbocycles. The SMILES string of the molecule is COCC(=O)N(Cc1ccc(OC)cc1)Cc1cc2cc(C)cc(C)c2nc1Cl. The number of nitrogens with zero attached hydrogens (tertiary/aromatic N) is 2. The molecular formula is C23H25ClN2O3. The fraction of sp³-hybridized carbons (Fsp3) is 0.304. The number of amides is 1. The molecule has 29 heavy (non-hydrogen) atoms. The molecule has 0 radical (unpaired) electrons. The molecule has 0 saturated carbocycles. The Balaban J connectivity index is 1.92. The highest BCUT2D eigenvalue weighted by Gasteiger charge is 2.17. The molecule has 0 N–H and O–H groups in total. The number of halogens is 1. The molecule has 5 nitrogen and oxygen atoms in total. The summed E-state index contributed by atoms with van der Waals surface area (Å²) in [6.45, 7) is 4.87. The van der Waals surface area contributed by atoms with Crippen molar-refractivity contribution in [1.29, 1.82) is 0 Å². The zero-order valence-electron chi connectivity index (χ0n) is 17.2. The molecule has 3 aromatic rings. The van der Waals surface area contributed by atoms with Crippen molar-refractivity contribution in [2.24, 2.45) is 0 Å². The first kappa shape index (κ1) is 21.1. The zero-order valence-corrected chi connectivity index (χ0v) is 17.9. The Labute approximate surface area is 176 Å². The van der Waals surface area contributed by atoms with Gasteiger partial charge in [0.2, 0.25) is 5.91 Å². The minimum absolute atomic E-state index is 0.00694. The van der Waals surface area contributed by atoms with Gasteiger partial charge in [0.1, 0.15) is 17.5 Å². The van der Waals surface area contributed by atoms with Gasteiger partial charge in [0.05, 0.1) is 12.6 Å². The van der Waals surface area contributed by atoms with E-state index in [2.05, 4.69) is 24.0 Å². The number of carbonyl (C=O) groups is 1. The summed E-state index contributed by atoms with van der Waals surface area (Å²) in [5.74, 6) is 0.663. The summed E-state index contributed by atoms with van der Waals surface area (Å²) in [7, 11) is 3.14. The number of benzene rings is 2. The van der Waals surface area contributed by atoms with Gasteiger partial charge in [-0.3, -0.25) is 4.79 Å².